The van der Waals surface area contributed by atoms with Gasteiger partial charge < -0.3 is 19.8 Å². The van der Waals surface area contributed by atoms with E-state index in [-0.39, 0.29) is 12.4 Å². The van der Waals surface area contributed by atoms with Gasteiger partial charge in [-0.1, -0.05) is 53.2 Å². The number of fused-ring (bicyclic) bond motifs is 5. The fraction of sp³-hybridized carbons (Fsp3) is 0.115. The van der Waals surface area contributed by atoms with Crippen molar-refractivity contribution < 1.29 is 14.8 Å². The summed E-state index contributed by atoms with van der Waals surface area (Å²) in [6.45, 7) is 4.06. The number of phenols is 1. The molecule has 0 fully saturated rings. The number of aromatic hydroxyl groups is 1. The van der Waals surface area contributed by atoms with Crippen LogP contribution in [-0.4, -0.2) is 16.5 Å². The molecule has 6 heteroatoms. The van der Waals surface area contributed by atoms with Crippen LogP contribution in [0.4, 0.5) is 5.69 Å². The average Bonchev–Trinajstić information content (AvgIpc) is 3.18. The van der Waals surface area contributed by atoms with Crippen molar-refractivity contribution in [3.05, 3.63) is 83.4 Å². The van der Waals surface area contributed by atoms with Gasteiger partial charge in [0.05, 0.1) is 11.2 Å². The fourth-order valence-electron chi connectivity index (χ4n) is 4.06. The molecule has 4 aromatic carbocycles. The molecule has 0 radical (unpaired) electrons. The summed E-state index contributed by atoms with van der Waals surface area (Å²) < 4.78 is 0. The molecule has 3 N–H and O–H groups in total. The molecule has 0 amide bonds. The van der Waals surface area contributed by atoms with Crippen LogP contribution in [0.15, 0.2) is 71.9 Å². The van der Waals surface area contributed by atoms with E-state index in [1.165, 1.54) is 17.4 Å². The van der Waals surface area contributed by atoms with Gasteiger partial charge in [0.15, 0.2) is 0 Å². The van der Waals surface area contributed by atoms with Crippen molar-refractivity contribution in [3.8, 4) is 5.75 Å². The summed E-state index contributed by atoms with van der Waals surface area (Å²) in [6, 6.07) is 22.1. The van der Waals surface area contributed by atoms with Crippen LogP contribution in [0.1, 0.15) is 16.7 Å². The number of aromatic nitrogens is 1. The van der Waals surface area contributed by atoms with Gasteiger partial charge in [0.25, 0.3) is 0 Å². The normalized spacial score (nSPS) is 11.6. The van der Waals surface area contributed by atoms with E-state index in [1.54, 1.807) is 0 Å². The number of H-pyrrole nitrogens is 1. The molecule has 0 aliphatic heterocycles. The van der Waals surface area contributed by atoms with Gasteiger partial charge in [-0.25, -0.2) is 5.48 Å². The van der Waals surface area contributed by atoms with Crippen LogP contribution in [0.2, 0.25) is 0 Å². The lowest BCUT2D eigenvalue weighted by molar-refractivity contribution is 0.123. The van der Waals surface area contributed by atoms with Gasteiger partial charge in [-0.15, -0.1) is 0 Å². The summed E-state index contributed by atoms with van der Waals surface area (Å²) in [5.41, 5.74) is 8.31. The Kier molecular flexibility index (Phi) is 5.03. The fourth-order valence-corrected chi connectivity index (χ4v) is 4.06. The number of phenolic OH excluding ortho intramolecular Hbond substituents is 1. The molecule has 32 heavy (non-hydrogen) atoms. The number of aryl methyl sites for hydroxylation is 2. The van der Waals surface area contributed by atoms with Gasteiger partial charge in [0.1, 0.15) is 12.4 Å². The molecule has 1 aromatic heterocycles. The monoisotopic (exact) mass is 425 g/mol. The minimum atomic E-state index is 0.123. The third-order valence-electron chi connectivity index (χ3n) is 5.70. The minimum Gasteiger partial charge on any atom is -0.507 e. The van der Waals surface area contributed by atoms with Crippen molar-refractivity contribution in [2.24, 2.45) is 5.16 Å². The maximum atomic E-state index is 10.8. The van der Waals surface area contributed by atoms with E-state index >= 15 is 0 Å². The van der Waals surface area contributed by atoms with E-state index in [4.69, 9.17) is 9.68 Å². The first-order valence-electron chi connectivity index (χ1n) is 10.4. The zero-order chi connectivity index (χ0) is 22.1. The smallest absolute Gasteiger partial charge is 0.245 e. The van der Waals surface area contributed by atoms with E-state index in [1.807, 2.05) is 56.3 Å². The van der Waals surface area contributed by atoms with Gasteiger partial charge in [-0.3, -0.25) is 0 Å². The number of rotatable bonds is 6. The molecular formula is C26H23N3O3. The van der Waals surface area contributed by atoms with Gasteiger partial charge in [0, 0.05) is 32.8 Å². The highest BCUT2D eigenvalue weighted by atomic mass is 16.7. The lowest BCUT2D eigenvalue weighted by Gasteiger charge is -2.11. The Morgan fingerprint density at radius 2 is 1.81 bits per heavy atom. The first-order valence-corrected chi connectivity index (χ1v) is 10.4. The predicted octanol–water partition coefficient (Wildman–Crippen LogP) is 6.30. The second kappa shape index (κ2) is 8.15. The number of benzene rings is 4. The molecule has 6 nitrogen and oxygen atoms in total. The van der Waals surface area contributed by atoms with Crippen molar-refractivity contribution in [1.82, 2.24) is 4.98 Å². The van der Waals surface area contributed by atoms with Crippen LogP contribution in [0.3, 0.4) is 0 Å². The number of hydrogen-bond acceptors (Lipinski definition) is 5. The number of anilines is 1. The van der Waals surface area contributed by atoms with Crippen molar-refractivity contribution in [2.75, 3.05) is 5.48 Å². The number of oxime groups is 1. The number of para-hydroxylation sites is 1. The molecule has 0 spiro atoms. The first kappa shape index (κ1) is 19.8. The SMILES string of the molecule is Cc1ccc(NOC=NOCc2cc3ccc4c5ccccc5[nH]c4c3c(C)c2O)cc1. The molecule has 0 saturated carbocycles. The molecule has 5 aromatic rings. The lowest BCUT2D eigenvalue weighted by atomic mass is 9.98. The van der Waals surface area contributed by atoms with Crippen molar-refractivity contribution in [3.63, 3.8) is 0 Å². The summed E-state index contributed by atoms with van der Waals surface area (Å²) in [7, 11) is 0. The molecule has 1 heterocycles. The number of nitrogens with zero attached hydrogens (tertiary/aromatic N) is 1. The topological polar surface area (TPSA) is 78.9 Å². The Balaban J connectivity index is 1.34. The predicted molar refractivity (Wildman–Crippen MR) is 129 cm³/mol. The molecule has 0 aliphatic carbocycles. The van der Waals surface area contributed by atoms with Gasteiger partial charge in [-0.05, 0) is 43.5 Å². The summed E-state index contributed by atoms with van der Waals surface area (Å²) in [6.07, 6.45) is 1.18. The van der Waals surface area contributed by atoms with Crippen LogP contribution < -0.4 is 5.48 Å². The van der Waals surface area contributed by atoms with E-state index in [0.717, 1.165) is 38.4 Å². The highest BCUT2D eigenvalue weighted by molar-refractivity contribution is 6.18. The Morgan fingerprint density at radius 3 is 2.66 bits per heavy atom. The first-order chi connectivity index (χ1) is 15.6. The third-order valence-corrected chi connectivity index (χ3v) is 5.70. The van der Waals surface area contributed by atoms with Crippen LogP contribution in [0, 0.1) is 13.8 Å². The van der Waals surface area contributed by atoms with Crippen molar-refractivity contribution >= 4 is 44.7 Å². The molecular weight excluding hydrogens is 402 g/mol. The highest BCUT2D eigenvalue weighted by Gasteiger charge is 2.15. The highest BCUT2D eigenvalue weighted by Crippen LogP contribution is 2.37. The lowest BCUT2D eigenvalue weighted by Crippen LogP contribution is -1.99. The van der Waals surface area contributed by atoms with E-state index < -0.39 is 0 Å². The standard InChI is InChI=1S/C26H23N3O3/c1-16-7-10-20(11-8-16)29-32-15-27-31-14-19-13-18-9-12-22-21-5-3-4-6-23(21)28-25(22)24(18)17(2)26(19)30/h3-13,15,28-30H,14H2,1-2H3. The van der Waals surface area contributed by atoms with Gasteiger partial charge >= 0.3 is 0 Å². The molecule has 160 valence electrons. The summed E-state index contributed by atoms with van der Waals surface area (Å²) >= 11 is 0. The maximum Gasteiger partial charge on any atom is 0.245 e. The summed E-state index contributed by atoms with van der Waals surface area (Å²) in [5, 5.41) is 19.0. The largest absolute Gasteiger partial charge is 0.507 e. The molecule has 0 saturated heterocycles. The quantitative estimate of drug-likeness (QED) is 0.169. The van der Waals surface area contributed by atoms with Gasteiger partial charge in [0.2, 0.25) is 6.40 Å². The Bertz CT molecular complexity index is 1450. The number of nitrogens with one attached hydrogen (secondary N) is 2. The second-order valence-corrected chi connectivity index (χ2v) is 7.84. The van der Waals surface area contributed by atoms with Crippen molar-refractivity contribution in [2.45, 2.75) is 20.5 Å². The minimum absolute atomic E-state index is 0.123. The van der Waals surface area contributed by atoms with Crippen LogP contribution in [-0.2, 0) is 16.3 Å². The zero-order valence-corrected chi connectivity index (χ0v) is 17.8. The zero-order valence-electron chi connectivity index (χ0n) is 17.8. The number of aromatic amines is 1. The Labute approximate surface area is 185 Å². The average molecular weight is 425 g/mol. The van der Waals surface area contributed by atoms with Gasteiger partial charge in [-0.2, -0.15) is 0 Å². The van der Waals surface area contributed by atoms with Crippen LogP contribution in [0.5, 0.6) is 5.75 Å². The molecule has 0 atom stereocenters. The van der Waals surface area contributed by atoms with E-state index in [2.05, 4.69) is 39.9 Å². The summed E-state index contributed by atoms with van der Waals surface area (Å²) in [4.78, 5) is 14.0. The van der Waals surface area contributed by atoms with E-state index in [9.17, 15) is 5.11 Å². The summed E-state index contributed by atoms with van der Waals surface area (Å²) in [5.74, 6) is 0.206. The van der Waals surface area contributed by atoms with Crippen LogP contribution in [0.25, 0.3) is 32.6 Å². The van der Waals surface area contributed by atoms with Crippen molar-refractivity contribution in [1.29, 1.82) is 0 Å². The number of hydrogen-bond donors (Lipinski definition) is 3. The van der Waals surface area contributed by atoms with Crippen LogP contribution >= 0.6 is 0 Å². The molecule has 0 bridgehead atoms. The molecule has 0 aliphatic rings. The van der Waals surface area contributed by atoms with E-state index in [0.29, 0.717) is 5.56 Å². The Hall–Kier alpha value is -4.19. The molecule has 0 unspecified atom stereocenters. The second-order valence-electron chi connectivity index (χ2n) is 7.84. The molecule has 5 rings (SSSR count). The maximum absolute atomic E-state index is 10.8. The third kappa shape index (κ3) is 3.56. The Morgan fingerprint density at radius 1 is 1.00 bits per heavy atom.